The third-order valence-corrected chi connectivity index (χ3v) is 9.34. The molecule has 45 heavy (non-hydrogen) atoms. The molecular weight excluding hydrogens is 620 g/mol. The SMILES string of the molecule is CCCCNC(=O)[C@H](CC)N(CCc1ccccc1)C(=O)CN(c1cc(Cl)ccc1OC)S(=O)(=O)c1ccc(C)c([N+](=O)[O-])c1. The maximum atomic E-state index is 14.2. The fourth-order valence-corrected chi connectivity index (χ4v) is 6.45. The van der Waals surface area contributed by atoms with Gasteiger partial charge >= 0.3 is 0 Å². The van der Waals surface area contributed by atoms with Crippen molar-refractivity contribution in [3.05, 3.63) is 93.0 Å². The van der Waals surface area contributed by atoms with E-state index < -0.39 is 38.3 Å². The predicted octanol–water partition coefficient (Wildman–Crippen LogP) is 5.53. The molecule has 2 amide bonds. The van der Waals surface area contributed by atoms with Gasteiger partial charge in [0.1, 0.15) is 18.3 Å². The van der Waals surface area contributed by atoms with Crippen molar-refractivity contribution in [2.24, 2.45) is 0 Å². The van der Waals surface area contributed by atoms with Crippen LogP contribution in [0.4, 0.5) is 11.4 Å². The molecule has 1 N–H and O–H groups in total. The number of ether oxygens (including phenoxy) is 1. The predicted molar refractivity (Wildman–Crippen MR) is 174 cm³/mol. The summed E-state index contributed by atoms with van der Waals surface area (Å²) in [4.78, 5) is 39.6. The molecule has 0 aromatic heterocycles. The Morgan fingerprint density at radius 1 is 1.07 bits per heavy atom. The van der Waals surface area contributed by atoms with Gasteiger partial charge in [-0.25, -0.2) is 8.42 Å². The summed E-state index contributed by atoms with van der Waals surface area (Å²) in [6, 6.07) is 16.4. The Balaban J connectivity index is 2.12. The first-order chi connectivity index (χ1) is 21.4. The van der Waals surface area contributed by atoms with E-state index in [0.717, 1.165) is 28.8 Å². The number of nitrogens with one attached hydrogen (secondary N) is 1. The first-order valence-electron chi connectivity index (χ1n) is 14.7. The molecule has 3 aromatic carbocycles. The summed E-state index contributed by atoms with van der Waals surface area (Å²) >= 11 is 6.28. The molecule has 3 rings (SSSR count). The third-order valence-electron chi connectivity index (χ3n) is 7.35. The number of benzene rings is 3. The van der Waals surface area contributed by atoms with E-state index in [9.17, 15) is 28.1 Å². The minimum absolute atomic E-state index is 0.0370. The lowest BCUT2D eigenvalue weighted by atomic mass is 10.1. The molecule has 13 heteroatoms. The van der Waals surface area contributed by atoms with Crippen LogP contribution in [-0.4, -0.2) is 62.8 Å². The Labute approximate surface area is 269 Å². The first-order valence-corrected chi connectivity index (χ1v) is 16.5. The Morgan fingerprint density at radius 3 is 2.40 bits per heavy atom. The first kappa shape index (κ1) is 35.3. The van der Waals surface area contributed by atoms with Gasteiger partial charge in [0.25, 0.3) is 15.7 Å². The molecule has 0 bridgehead atoms. The molecule has 0 radical (unpaired) electrons. The second kappa shape index (κ2) is 16.2. The van der Waals surface area contributed by atoms with Gasteiger partial charge in [-0.15, -0.1) is 0 Å². The van der Waals surface area contributed by atoms with E-state index in [1.165, 1.54) is 49.3 Å². The molecular formula is C32H39ClN4O7S. The summed E-state index contributed by atoms with van der Waals surface area (Å²) < 4.78 is 34.7. The van der Waals surface area contributed by atoms with Gasteiger partial charge in [0, 0.05) is 29.7 Å². The third kappa shape index (κ3) is 8.95. The van der Waals surface area contributed by atoms with Crippen molar-refractivity contribution in [3.8, 4) is 5.75 Å². The van der Waals surface area contributed by atoms with Crippen molar-refractivity contribution in [2.75, 3.05) is 31.0 Å². The molecule has 0 aliphatic carbocycles. The number of amides is 2. The lowest BCUT2D eigenvalue weighted by molar-refractivity contribution is -0.385. The van der Waals surface area contributed by atoms with Crippen LogP contribution in [0.1, 0.15) is 44.2 Å². The number of hydrogen-bond donors (Lipinski definition) is 1. The number of anilines is 1. The maximum Gasteiger partial charge on any atom is 0.273 e. The van der Waals surface area contributed by atoms with Crippen molar-refractivity contribution in [1.82, 2.24) is 10.2 Å². The molecule has 1 atom stereocenters. The number of carbonyl (C=O) groups excluding carboxylic acids is 2. The van der Waals surface area contributed by atoms with Crippen molar-refractivity contribution in [3.63, 3.8) is 0 Å². The second-order valence-corrected chi connectivity index (χ2v) is 12.7. The summed E-state index contributed by atoms with van der Waals surface area (Å²) in [6.45, 7) is 5.14. The number of hydrogen-bond acceptors (Lipinski definition) is 7. The number of carbonyl (C=O) groups is 2. The average molecular weight is 659 g/mol. The zero-order valence-corrected chi connectivity index (χ0v) is 27.4. The number of halogens is 1. The van der Waals surface area contributed by atoms with Crippen LogP contribution < -0.4 is 14.4 Å². The van der Waals surface area contributed by atoms with Crippen LogP contribution in [-0.2, 0) is 26.0 Å². The maximum absolute atomic E-state index is 14.2. The number of aryl methyl sites for hydroxylation is 1. The monoisotopic (exact) mass is 658 g/mol. The Kier molecular flexibility index (Phi) is 12.7. The Morgan fingerprint density at radius 2 is 1.78 bits per heavy atom. The van der Waals surface area contributed by atoms with Gasteiger partial charge in [-0.3, -0.25) is 24.0 Å². The highest BCUT2D eigenvalue weighted by Gasteiger charge is 2.35. The fourth-order valence-electron chi connectivity index (χ4n) is 4.85. The van der Waals surface area contributed by atoms with Gasteiger partial charge in [-0.05, 0) is 56.0 Å². The van der Waals surface area contributed by atoms with Crippen LogP contribution in [0.15, 0.2) is 71.6 Å². The molecule has 242 valence electrons. The number of sulfonamides is 1. The zero-order valence-electron chi connectivity index (χ0n) is 25.9. The molecule has 0 heterocycles. The van der Waals surface area contributed by atoms with Gasteiger partial charge in [-0.2, -0.15) is 0 Å². The van der Waals surface area contributed by atoms with Crippen molar-refractivity contribution in [2.45, 2.75) is 57.4 Å². The van der Waals surface area contributed by atoms with Gasteiger partial charge in [0.2, 0.25) is 11.8 Å². The average Bonchev–Trinajstić information content (AvgIpc) is 3.02. The number of rotatable bonds is 16. The number of unbranched alkanes of at least 4 members (excludes halogenated alkanes) is 1. The van der Waals surface area contributed by atoms with Gasteiger partial charge in [0.05, 0.1) is 22.6 Å². The van der Waals surface area contributed by atoms with Gasteiger partial charge in [-0.1, -0.05) is 68.3 Å². The second-order valence-electron chi connectivity index (χ2n) is 10.4. The van der Waals surface area contributed by atoms with E-state index in [1.54, 1.807) is 6.92 Å². The molecule has 0 saturated heterocycles. The largest absolute Gasteiger partial charge is 0.495 e. The molecule has 0 spiro atoms. The van der Waals surface area contributed by atoms with E-state index in [1.807, 2.05) is 37.3 Å². The standard InChI is InChI=1S/C32H39ClN4O7S/c1-5-7-18-34-32(39)27(6-2)35(19-17-24-11-9-8-10-12-24)31(38)22-36(29-20-25(33)14-16-30(29)44-4)45(42,43)26-15-13-23(3)28(21-26)37(40)41/h8-16,20-21,27H,5-7,17-19,22H2,1-4H3,(H,34,39)/t27-/m0/s1. The lowest BCUT2D eigenvalue weighted by Gasteiger charge is -2.33. The number of nitro groups is 1. The number of methoxy groups -OCH3 is 1. The van der Waals surface area contributed by atoms with Crippen molar-refractivity contribution >= 4 is 44.8 Å². The Bertz CT molecular complexity index is 1600. The molecule has 0 unspecified atom stereocenters. The van der Waals surface area contributed by atoms with E-state index in [4.69, 9.17) is 16.3 Å². The quantitative estimate of drug-likeness (QED) is 0.121. The minimum atomic E-state index is -4.60. The van der Waals surface area contributed by atoms with E-state index in [2.05, 4.69) is 5.32 Å². The Hall–Kier alpha value is -4.16. The molecule has 3 aromatic rings. The highest BCUT2D eigenvalue weighted by molar-refractivity contribution is 7.92. The minimum Gasteiger partial charge on any atom is -0.495 e. The smallest absolute Gasteiger partial charge is 0.273 e. The van der Waals surface area contributed by atoms with Crippen LogP contribution >= 0.6 is 11.6 Å². The van der Waals surface area contributed by atoms with E-state index in [0.29, 0.717) is 13.0 Å². The summed E-state index contributed by atoms with van der Waals surface area (Å²) in [5.74, 6) is -0.871. The number of nitro benzene ring substituents is 1. The van der Waals surface area contributed by atoms with Crippen molar-refractivity contribution in [1.29, 1.82) is 0 Å². The highest BCUT2D eigenvalue weighted by Crippen LogP contribution is 2.36. The zero-order chi connectivity index (χ0) is 33.1. The van der Waals surface area contributed by atoms with Crippen molar-refractivity contribution < 1.29 is 27.7 Å². The topological polar surface area (TPSA) is 139 Å². The van der Waals surface area contributed by atoms with Crippen LogP contribution in [0.2, 0.25) is 5.02 Å². The molecule has 0 aliphatic rings. The summed E-state index contributed by atoms with van der Waals surface area (Å²) in [5.41, 5.74) is 0.781. The highest BCUT2D eigenvalue weighted by atomic mass is 35.5. The van der Waals surface area contributed by atoms with Crippen LogP contribution in [0.5, 0.6) is 5.75 Å². The summed E-state index contributed by atoms with van der Waals surface area (Å²) in [5, 5.41) is 14.7. The van der Waals surface area contributed by atoms with Gasteiger partial charge in [0.15, 0.2) is 0 Å². The summed E-state index contributed by atoms with van der Waals surface area (Å²) in [6.07, 6.45) is 2.35. The van der Waals surface area contributed by atoms with Crippen LogP contribution in [0.3, 0.4) is 0 Å². The van der Waals surface area contributed by atoms with Gasteiger partial charge < -0.3 is 15.0 Å². The van der Waals surface area contributed by atoms with Crippen LogP contribution in [0, 0.1) is 17.0 Å². The normalized spacial score (nSPS) is 11.8. The fraction of sp³-hybridized carbons (Fsp3) is 0.375. The van der Waals surface area contributed by atoms with E-state index in [-0.39, 0.29) is 46.6 Å². The molecule has 0 saturated carbocycles. The molecule has 11 nitrogen and oxygen atoms in total. The number of nitrogens with zero attached hydrogens (tertiary/aromatic N) is 3. The lowest BCUT2D eigenvalue weighted by Crippen LogP contribution is -2.53. The molecule has 0 aliphatic heterocycles. The van der Waals surface area contributed by atoms with Crippen LogP contribution in [0.25, 0.3) is 0 Å². The summed E-state index contributed by atoms with van der Waals surface area (Å²) in [7, 11) is -3.26. The molecule has 0 fully saturated rings. The van der Waals surface area contributed by atoms with E-state index >= 15 is 0 Å².